The van der Waals surface area contributed by atoms with Crippen molar-refractivity contribution in [2.75, 3.05) is 66.5 Å². The number of hydrogen-bond donors (Lipinski definition) is 1. The molecule has 0 amide bonds. The second kappa shape index (κ2) is 12.2. The largest absolute Gasteiger partial charge is 0.370 e. The lowest BCUT2D eigenvalue weighted by molar-refractivity contribution is -0.00855. The van der Waals surface area contributed by atoms with E-state index < -0.39 is 0 Å². The quantitative estimate of drug-likeness (QED) is 0.361. The van der Waals surface area contributed by atoms with Crippen LogP contribution in [0.25, 0.3) is 0 Å². The normalized spacial score (nSPS) is 22.7. The van der Waals surface area contributed by atoms with E-state index in [0.29, 0.717) is 12.0 Å². The van der Waals surface area contributed by atoms with Crippen molar-refractivity contribution < 1.29 is 4.74 Å². The second-order valence-electron chi connectivity index (χ2n) is 8.74. The van der Waals surface area contributed by atoms with Crippen molar-refractivity contribution in [3.63, 3.8) is 0 Å². The Morgan fingerprint density at radius 1 is 1.17 bits per heavy atom. The maximum absolute atomic E-state index is 6.10. The summed E-state index contributed by atoms with van der Waals surface area (Å²) in [5.41, 5.74) is 2.57. The van der Waals surface area contributed by atoms with Crippen LogP contribution in [0, 0.1) is 12.8 Å². The van der Waals surface area contributed by atoms with E-state index in [4.69, 9.17) is 4.74 Å². The van der Waals surface area contributed by atoms with Gasteiger partial charge in [0.1, 0.15) is 6.10 Å². The van der Waals surface area contributed by atoms with Crippen LogP contribution in [0.3, 0.4) is 0 Å². The van der Waals surface area contributed by atoms with Crippen LogP contribution in [0.15, 0.2) is 29.3 Å². The number of nitrogens with zero attached hydrogens (tertiary/aromatic N) is 4. The van der Waals surface area contributed by atoms with E-state index in [-0.39, 0.29) is 30.1 Å². The van der Waals surface area contributed by atoms with E-state index in [2.05, 4.69) is 77.1 Å². The van der Waals surface area contributed by atoms with E-state index in [9.17, 15) is 0 Å². The lowest BCUT2D eigenvalue weighted by Crippen LogP contribution is -2.56. The summed E-state index contributed by atoms with van der Waals surface area (Å²) in [5, 5.41) is 3.68. The maximum atomic E-state index is 6.10. The topological polar surface area (TPSA) is 43.3 Å². The zero-order valence-electron chi connectivity index (χ0n) is 19.3. The lowest BCUT2D eigenvalue weighted by Gasteiger charge is -2.41. The molecule has 2 saturated heterocycles. The summed E-state index contributed by atoms with van der Waals surface area (Å²) < 4.78 is 6.10. The van der Waals surface area contributed by atoms with Crippen molar-refractivity contribution in [3.05, 3.63) is 35.4 Å². The molecule has 6 nitrogen and oxygen atoms in total. The summed E-state index contributed by atoms with van der Waals surface area (Å²) in [5.74, 6) is 1.60. The highest BCUT2D eigenvalue weighted by atomic mass is 127. The molecule has 2 aliphatic rings. The summed E-state index contributed by atoms with van der Waals surface area (Å²) in [6.45, 7) is 14.8. The average Bonchev–Trinajstić information content (AvgIpc) is 2.72. The minimum Gasteiger partial charge on any atom is -0.370 e. The highest BCUT2D eigenvalue weighted by Gasteiger charge is 2.28. The number of hydrogen-bond acceptors (Lipinski definition) is 4. The van der Waals surface area contributed by atoms with Gasteiger partial charge in [-0.15, -0.1) is 24.0 Å². The number of piperazine rings is 1. The Balaban J connectivity index is 0.00000320. The Hall–Kier alpha value is -0.900. The van der Waals surface area contributed by atoms with Gasteiger partial charge in [0.05, 0.1) is 13.2 Å². The van der Waals surface area contributed by atoms with Crippen molar-refractivity contribution in [1.29, 1.82) is 0 Å². The zero-order chi connectivity index (χ0) is 20.8. The summed E-state index contributed by atoms with van der Waals surface area (Å²) in [7, 11) is 4.10. The first-order chi connectivity index (χ1) is 14.0. The third kappa shape index (κ3) is 6.55. The number of likely N-dealkylation sites (N-methyl/N-ethyl adjacent to an activating group) is 1. The number of nitrogens with one attached hydrogen (secondary N) is 1. The fourth-order valence-corrected chi connectivity index (χ4v) is 4.45. The Bertz CT molecular complexity index is 675. The smallest absolute Gasteiger partial charge is 0.193 e. The number of aryl methyl sites for hydroxylation is 1. The van der Waals surface area contributed by atoms with Crippen LogP contribution in [-0.2, 0) is 4.74 Å². The molecular formula is C23H40IN5O. The molecule has 2 fully saturated rings. The van der Waals surface area contributed by atoms with Crippen LogP contribution in [-0.4, -0.2) is 93.2 Å². The van der Waals surface area contributed by atoms with Gasteiger partial charge in [-0.1, -0.05) is 38.1 Å². The van der Waals surface area contributed by atoms with Crippen LogP contribution in [0.4, 0.5) is 0 Å². The van der Waals surface area contributed by atoms with Gasteiger partial charge in [-0.2, -0.15) is 0 Å². The molecule has 1 N–H and O–H groups in total. The van der Waals surface area contributed by atoms with Gasteiger partial charge in [-0.05, 0) is 31.0 Å². The molecule has 2 aliphatic heterocycles. The summed E-state index contributed by atoms with van der Waals surface area (Å²) >= 11 is 0. The first-order valence-corrected chi connectivity index (χ1v) is 11.0. The molecule has 3 rings (SSSR count). The molecule has 2 atom stereocenters. The molecule has 30 heavy (non-hydrogen) atoms. The molecule has 170 valence electrons. The molecule has 1 aromatic carbocycles. The highest BCUT2D eigenvalue weighted by Crippen LogP contribution is 2.25. The summed E-state index contributed by atoms with van der Waals surface area (Å²) in [6, 6.07) is 9.05. The van der Waals surface area contributed by atoms with Gasteiger partial charge in [-0.25, -0.2) is 0 Å². The van der Waals surface area contributed by atoms with E-state index in [1.165, 1.54) is 11.1 Å². The maximum Gasteiger partial charge on any atom is 0.193 e. The van der Waals surface area contributed by atoms with Crippen LogP contribution in [0.2, 0.25) is 0 Å². The average molecular weight is 530 g/mol. The van der Waals surface area contributed by atoms with E-state index in [1.807, 2.05) is 7.05 Å². The fraction of sp³-hybridized carbons (Fsp3) is 0.696. The Morgan fingerprint density at radius 2 is 1.87 bits per heavy atom. The van der Waals surface area contributed by atoms with Crippen LogP contribution in [0.5, 0.6) is 0 Å². The minimum absolute atomic E-state index is 0. The second-order valence-corrected chi connectivity index (χ2v) is 8.74. The third-order valence-corrected chi connectivity index (χ3v) is 6.36. The molecule has 0 spiro atoms. The Morgan fingerprint density at radius 3 is 2.50 bits per heavy atom. The number of guanidine groups is 1. The van der Waals surface area contributed by atoms with Gasteiger partial charge in [-0.3, -0.25) is 9.89 Å². The fourth-order valence-electron chi connectivity index (χ4n) is 4.45. The van der Waals surface area contributed by atoms with Crippen molar-refractivity contribution in [3.8, 4) is 0 Å². The van der Waals surface area contributed by atoms with E-state index >= 15 is 0 Å². The molecule has 7 heteroatoms. The number of ether oxygens (including phenoxy) is 1. The van der Waals surface area contributed by atoms with Gasteiger partial charge in [0.15, 0.2) is 5.96 Å². The molecular weight excluding hydrogens is 489 g/mol. The molecule has 0 bridgehead atoms. The van der Waals surface area contributed by atoms with Gasteiger partial charge in [0, 0.05) is 52.4 Å². The standard InChI is InChI=1S/C23H39N5O.HI/c1-18(2)21(27-12-10-26(5)11-13-27)16-25-23(24-4)28-14-15-29-22(17-28)20-9-7-6-8-19(20)3;/h6-9,18,21-22H,10-17H2,1-5H3,(H,24,25);1H. The van der Waals surface area contributed by atoms with E-state index in [1.54, 1.807) is 0 Å². The van der Waals surface area contributed by atoms with Crippen molar-refractivity contribution in [2.45, 2.75) is 32.9 Å². The van der Waals surface area contributed by atoms with Gasteiger partial charge >= 0.3 is 0 Å². The van der Waals surface area contributed by atoms with Crippen molar-refractivity contribution in [1.82, 2.24) is 20.0 Å². The molecule has 1 aromatic rings. The van der Waals surface area contributed by atoms with Crippen LogP contribution >= 0.6 is 24.0 Å². The number of rotatable bonds is 5. The monoisotopic (exact) mass is 529 g/mol. The van der Waals surface area contributed by atoms with Crippen molar-refractivity contribution in [2.24, 2.45) is 10.9 Å². The van der Waals surface area contributed by atoms with Crippen molar-refractivity contribution >= 4 is 29.9 Å². The molecule has 0 aromatic heterocycles. The highest BCUT2D eigenvalue weighted by molar-refractivity contribution is 14.0. The number of aliphatic imine (C=N–C) groups is 1. The number of halogens is 1. The first kappa shape index (κ1) is 25.4. The predicted molar refractivity (Wildman–Crippen MR) is 136 cm³/mol. The summed E-state index contributed by atoms with van der Waals surface area (Å²) in [6.07, 6.45) is 0.0991. The van der Waals surface area contributed by atoms with Crippen LogP contribution in [0.1, 0.15) is 31.1 Å². The third-order valence-electron chi connectivity index (χ3n) is 6.36. The molecule has 2 heterocycles. The zero-order valence-corrected chi connectivity index (χ0v) is 21.6. The first-order valence-electron chi connectivity index (χ1n) is 11.0. The van der Waals surface area contributed by atoms with Gasteiger partial charge < -0.3 is 19.9 Å². The Labute approximate surface area is 200 Å². The Kier molecular flexibility index (Phi) is 10.3. The molecule has 0 saturated carbocycles. The van der Waals surface area contributed by atoms with E-state index in [0.717, 1.165) is 58.4 Å². The van der Waals surface area contributed by atoms with Crippen LogP contribution < -0.4 is 5.32 Å². The molecule has 0 aliphatic carbocycles. The lowest BCUT2D eigenvalue weighted by atomic mass is 10.0. The summed E-state index contributed by atoms with van der Waals surface area (Å²) in [4.78, 5) is 12.0. The predicted octanol–water partition coefficient (Wildman–Crippen LogP) is 2.83. The SMILES string of the molecule is CN=C(NCC(C(C)C)N1CCN(C)CC1)N1CCOC(c2ccccc2C)C1.I. The van der Waals surface area contributed by atoms with Gasteiger partial charge in [0.25, 0.3) is 0 Å². The molecule has 2 unspecified atom stereocenters. The van der Waals surface area contributed by atoms with Gasteiger partial charge in [0.2, 0.25) is 0 Å². The number of benzene rings is 1. The number of morpholine rings is 1. The molecule has 0 radical (unpaired) electrons. The minimum atomic E-state index is 0.